The molecule has 0 unspecified atom stereocenters. The van der Waals surface area contributed by atoms with Crippen LogP contribution in [0.3, 0.4) is 0 Å². The van der Waals surface area contributed by atoms with Gasteiger partial charge in [0, 0.05) is 68.3 Å². The number of piperazine rings is 1. The molecule has 12 heteroatoms. The molecule has 202 valence electrons. The van der Waals surface area contributed by atoms with Crippen LogP contribution in [0.5, 0.6) is 5.75 Å². The van der Waals surface area contributed by atoms with Crippen LogP contribution in [0.2, 0.25) is 0 Å². The van der Waals surface area contributed by atoms with Crippen molar-refractivity contribution in [2.45, 2.75) is 4.90 Å². The number of benzene rings is 2. The second-order valence-corrected chi connectivity index (χ2v) is 11.2. The Morgan fingerprint density at radius 1 is 1.00 bits per heavy atom. The van der Waals surface area contributed by atoms with Crippen LogP contribution in [0.1, 0.15) is 0 Å². The highest BCUT2D eigenvalue weighted by Gasteiger charge is 2.30. The molecule has 0 spiro atoms. The standard InChI is InChI=1S/C26H33N7O4S/c1-31-9-11-33(12-10-31)38(34,35)24-6-4-3-5-22(24)29-25-21(18-28-26(27)30-25)20-8-7-19(17-23(20)36-2)32-13-15-37-16-14-32/h3-8,17-18H,9-16H2,1-2H3,(H3,27,28,29,30). The zero-order valence-electron chi connectivity index (χ0n) is 21.6. The molecule has 3 aromatic rings. The molecule has 0 aliphatic carbocycles. The predicted molar refractivity (Wildman–Crippen MR) is 147 cm³/mol. The van der Waals surface area contributed by atoms with Gasteiger partial charge in [-0.3, -0.25) is 0 Å². The summed E-state index contributed by atoms with van der Waals surface area (Å²) < 4.78 is 39.9. The van der Waals surface area contributed by atoms with Gasteiger partial charge < -0.3 is 30.3 Å². The van der Waals surface area contributed by atoms with Crippen LogP contribution in [0.15, 0.2) is 53.6 Å². The molecule has 3 heterocycles. The number of para-hydroxylation sites is 1. The summed E-state index contributed by atoms with van der Waals surface area (Å²) >= 11 is 0. The van der Waals surface area contributed by atoms with Crippen molar-refractivity contribution in [3.63, 3.8) is 0 Å². The zero-order valence-corrected chi connectivity index (χ0v) is 22.4. The molecule has 11 nitrogen and oxygen atoms in total. The quantitative estimate of drug-likeness (QED) is 0.462. The van der Waals surface area contributed by atoms with Crippen molar-refractivity contribution in [3.05, 3.63) is 48.7 Å². The molecule has 1 aromatic heterocycles. The Hall–Kier alpha value is -3.45. The Morgan fingerprint density at radius 2 is 1.74 bits per heavy atom. The number of anilines is 4. The van der Waals surface area contributed by atoms with Gasteiger partial charge in [0.2, 0.25) is 16.0 Å². The van der Waals surface area contributed by atoms with Crippen molar-refractivity contribution < 1.29 is 17.9 Å². The fourth-order valence-electron chi connectivity index (χ4n) is 4.70. The maximum Gasteiger partial charge on any atom is 0.245 e. The number of likely N-dealkylation sites (N-methyl/N-ethyl adjacent to an activating group) is 1. The van der Waals surface area contributed by atoms with Crippen LogP contribution in [-0.4, -0.2) is 94.2 Å². The number of hydrogen-bond acceptors (Lipinski definition) is 10. The van der Waals surface area contributed by atoms with Crippen LogP contribution in [-0.2, 0) is 14.8 Å². The molecular weight excluding hydrogens is 506 g/mol. The molecule has 0 bridgehead atoms. The second-order valence-electron chi connectivity index (χ2n) is 9.30. The third-order valence-electron chi connectivity index (χ3n) is 6.88. The number of aromatic nitrogens is 2. The Bertz CT molecular complexity index is 1390. The number of sulfonamides is 1. The first-order valence-corrected chi connectivity index (χ1v) is 14.0. The van der Waals surface area contributed by atoms with Gasteiger partial charge in [0.15, 0.2) is 0 Å². The molecule has 2 fully saturated rings. The predicted octanol–water partition coefficient (Wildman–Crippen LogP) is 2.25. The summed E-state index contributed by atoms with van der Waals surface area (Å²) in [6, 6.07) is 12.8. The average Bonchev–Trinajstić information content (AvgIpc) is 2.94. The summed E-state index contributed by atoms with van der Waals surface area (Å²) in [6.07, 6.45) is 1.62. The number of nitrogen functional groups attached to an aromatic ring is 1. The van der Waals surface area contributed by atoms with E-state index in [1.807, 2.05) is 25.2 Å². The molecule has 0 atom stereocenters. The van der Waals surface area contributed by atoms with E-state index in [0.29, 0.717) is 62.2 Å². The average molecular weight is 540 g/mol. The first kappa shape index (κ1) is 26.2. The number of nitrogens with zero attached hydrogens (tertiary/aromatic N) is 5. The Labute approximate surface area is 223 Å². The minimum absolute atomic E-state index is 0.0690. The van der Waals surface area contributed by atoms with Crippen LogP contribution in [0, 0.1) is 0 Å². The van der Waals surface area contributed by atoms with E-state index >= 15 is 0 Å². The summed E-state index contributed by atoms with van der Waals surface area (Å²) in [5, 5.41) is 3.23. The lowest BCUT2D eigenvalue weighted by Gasteiger charge is -2.32. The van der Waals surface area contributed by atoms with Gasteiger partial charge in [-0.25, -0.2) is 13.4 Å². The van der Waals surface area contributed by atoms with Crippen molar-refractivity contribution >= 4 is 33.2 Å². The van der Waals surface area contributed by atoms with Crippen molar-refractivity contribution in [1.82, 2.24) is 19.2 Å². The van der Waals surface area contributed by atoms with Gasteiger partial charge >= 0.3 is 0 Å². The van der Waals surface area contributed by atoms with Gasteiger partial charge in [0.1, 0.15) is 16.5 Å². The maximum absolute atomic E-state index is 13.6. The molecule has 2 aliphatic heterocycles. The smallest absolute Gasteiger partial charge is 0.245 e. The van der Waals surface area contributed by atoms with Crippen molar-refractivity contribution in [2.75, 3.05) is 82.6 Å². The minimum atomic E-state index is -3.73. The second kappa shape index (κ2) is 11.1. The lowest BCUT2D eigenvalue weighted by Crippen LogP contribution is -2.47. The van der Waals surface area contributed by atoms with E-state index < -0.39 is 10.0 Å². The molecule has 38 heavy (non-hydrogen) atoms. The van der Waals surface area contributed by atoms with E-state index in [4.69, 9.17) is 15.2 Å². The summed E-state index contributed by atoms with van der Waals surface area (Å²) in [6.45, 7) is 5.21. The first-order chi connectivity index (χ1) is 18.4. The van der Waals surface area contributed by atoms with Gasteiger partial charge in [-0.2, -0.15) is 9.29 Å². The highest BCUT2D eigenvalue weighted by molar-refractivity contribution is 7.89. The van der Waals surface area contributed by atoms with Gasteiger partial charge in [0.05, 0.1) is 26.0 Å². The van der Waals surface area contributed by atoms with E-state index in [1.54, 1.807) is 37.6 Å². The van der Waals surface area contributed by atoms with Crippen LogP contribution in [0.4, 0.5) is 23.1 Å². The van der Waals surface area contributed by atoms with Crippen molar-refractivity contribution in [3.8, 4) is 16.9 Å². The van der Waals surface area contributed by atoms with Gasteiger partial charge in [0.25, 0.3) is 0 Å². The highest BCUT2D eigenvalue weighted by atomic mass is 32.2. The SMILES string of the molecule is COc1cc(N2CCOCC2)ccc1-c1cnc(N)nc1Nc1ccccc1S(=O)(=O)N1CCN(C)CC1. The maximum atomic E-state index is 13.6. The lowest BCUT2D eigenvalue weighted by atomic mass is 10.1. The number of nitrogens with two attached hydrogens (primary N) is 1. The largest absolute Gasteiger partial charge is 0.496 e. The monoisotopic (exact) mass is 539 g/mol. The topological polar surface area (TPSA) is 126 Å². The molecule has 3 N–H and O–H groups in total. The van der Waals surface area contributed by atoms with E-state index in [-0.39, 0.29) is 10.8 Å². The van der Waals surface area contributed by atoms with E-state index in [1.165, 1.54) is 4.31 Å². The molecular formula is C26H33N7O4S. The first-order valence-electron chi connectivity index (χ1n) is 12.5. The summed E-state index contributed by atoms with van der Waals surface area (Å²) in [5.41, 5.74) is 8.80. The molecule has 2 aromatic carbocycles. The van der Waals surface area contributed by atoms with Gasteiger partial charge in [-0.05, 0) is 31.3 Å². The van der Waals surface area contributed by atoms with E-state index in [2.05, 4.69) is 25.1 Å². The fraction of sp³-hybridized carbons (Fsp3) is 0.385. The van der Waals surface area contributed by atoms with Crippen molar-refractivity contribution in [1.29, 1.82) is 0 Å². The third kappa shape index (κ3) is 5.39. The Kier molecular flexibility index (Phi) is 7.65. The molecule has 2 saturated heterocycles. The number of methoxy groups -OCH3 is 1. The summed E-state index contributed by atoms with van der Waals surface area (Å²) in [4.78, 5) is 13.2. The number of hydrogen-bond donors (Lipinski definition) is 2. The molecule has 0 amide bonds. The summed E-state index contributed by atoms with van der Waals surface area (Å²) in [7, 11) is -0.121. The van der Waals surface area contributed by atoms with Crippen LogP contribution in [0.25, 0.3) is 11.1 Å². The fourth-order valence-corrected chi connectivity index (χ4v) is 6.27. The molecule has 0 saturated carbocycles. The molecule has 2 aliphatic rings. The highest BCUT2D eigenvalue weighted by Crippen LogP contribution is 2.38. The Balaban J connectivity index is 1.50. The minimum Gasteiger partial charge on any atom is -0.496 e. The van der Waals surface area contributed by atoms with E-state index in [9.17, 15) is 8.42 Å². The summed E-state index contributed by atoms with van der Waals surface area (Å²) in [5.74, 6) is 1.10. The van der Waals surface area contributed by atoms with Crippen molar-refractivity contribution in [2.24, 2.45) is 0 Å². The lowest BCUT2D eigenvalue weighted by molar-refractivity contribution is 0.122. The molecule has 0 radical (unpaired) electrons. The van der Waals surface area contributed by atoms with Crippen LogP contribution >= 0.6 is 0 Å². The number of morpholine rings is 1. The number of nitrogens with one attached hydrogen (secondary N) is 1. The third-order valence-corrected chi connectivity index (χ3v) is 8.84. The van der Waals surface area contributed by atoms with Gasteiger partial charge in [-0.15, -0.1) is 0 Å². The number of ether oxygens (including phenoxy) is 2. The zero-order chi connectivity index (χ0) is 26.7. The molecule has 5 rings (SSSR count). The Morgan fingerprint density at radius 3 is 2.47 bits per heavy atom. The number of rotatable bonds is 7. The van der Waals surface area contributed by atoms with Gasteiger partial charge in [-0.1, -0.05) is 12.1 Å². The van der Waals surface area contributed by atoms with Crippen LogP contribution < -0.4 is 20.7 Å². The van der Waals surface area contributed by atoms with E-state index in [0.717, 1.165) is 24.3 Å². The normalized spacial score (nSPS) is 17.4.